The van der Waals surface area contributed by atoms with Crippen molar-refractivity contribution in [3.63, 3.8) is 0 Å². The number of hydrogen-bond acceptors (Lipinski definition) is 3. The van der Waals surface area contributed by atoms with Crippen LogP contribution < -0.4 is 0 Å². The molecular formula is C14H18BrNO4S. The van der Waals surface area contributed by atoms with Gasteiger partial charge in [0, 0.05) is 17.6 Å². The van der Waals surface area contributed by atoms with E-state index in [0.29, 0.717) is 12.8 Å². The number of carbonyl (C=O) groups is 1. The first-order valence-corrected chi connectivity index (χ1v) is 9.04. The molecule has 116 valence electrons. The molecule has 1 aliphatic rings. The van der Waals surface area contributed by atoms with Gasteiger partial charge in [-0.25, -0.2) is 8.42 Å². The van der Waals surface area contributed by atoms with E-state index in [1.165, 1.54) is 16.4 Å². The van der Waals surface area contributed by atoms with Crippen LogP contribution >= 0.6 is 15.9 Å². The molecule has 1 aromatic rings. The number of sulfonamides is 1. The van der Waals surface area contributed by atoms with Crippen molar-refractivity contribution in [2.75, 3.05) is 13.1 Å². The third kappa shape index (κ3) is 3.14. The van der Waals surface area contributed by atoms with Crippen LogP contribution in [0.3, 0.4) is 0 Å². The molecular weight excluding hydrogens is 358 g/mol. The third-order valence-corrected chi connectivity index (χ3v) is 6.34. The van der Waals surface area contributed by atoms with Gasteiger partial charge in [0.05, 0.1) is 10.3 Å². The van der Waals surface area contributed by atoms with Gasteiger partial charge in [-0.05, 0) is 37.1 Å². The highest BCUT2D eigenvalue weighted by Gasteiger charge is 2.47. The van der Waals surface area contributed by atoms with Crippen molar-refractivity contribution >= 4 is 31.9 Å². The van der Waals surface area contributed by atoms with Crippen molar-refractivity contribution in [3.05, 3.63) is 28.7 Å². The van der Waals surface area contributed by atoms with Crippen LogP contribution in [-0.2, 0) is 14.8 Å². The predicted molar refractivity (Wildman–Crippen MR) is 82.5 cm³/mol. The fourth-order valence-corrected chi connectivity index (χ4v) is 4.55. The largest absolute Gasteiger partial charge is 0.481 e. The Bertz CT molecular complexity index is 629. The quantitative estimate of drug-likeness (QED) is 0.858. The third-order valence-electron chi connectivity index (χ3n) is 3.95. The first-order valence-electron chi connectivity index (χ1n) is 6.81. The van der Waals surface area contributed by atoms with Gasteiger partial charge in [0.1, 0.15) is 0 Å². The summed E-state index contributed by atoms with van der Waals surface area (Å²) in [6, 6.07) is 6.39. The lowest BCUT2D eigenvalue weighted by Gasteiger charge is -2.24. The van der Waals surface area contributed by atoms with E-state index >= 15 is 0 Å². The Hall–Kier alpha value is -0.920. The van der Waals surface area contributed by atoms with Crippen molar-refractivity contribution in [2.24, 2.45) is 5.41 Å². The van der Waals surface area contributed by atoms with E-state index in [1.54, 1.807) is 12.1 Å². The summed E-state index contributed by atoms with van der Waals surface area (Å²) in [4.78, 5) is 11.7. The van der Waals surface area contributed by atoms with Crippen molar-refractivity contribution in [3.8, 4) is 0 Å². The second kappa shape index (κ2) is 6.06. The van der Waals surface area contributed by atoms with Crippen LogP contribution in [0.5, 0.6) is 0 Å². The predicted octanol–water partition coefficient (Wildman–Crippen LogP) is 2.71. The topological polar surface area (TPSA) is 74.7 Å². The Morgan fingerprint density at radius 2 is 2.00 bits per heavy atom. The van der Waals surface area contributed by atoms with E-state index < -0.39 is 21.4 Å². The van der Waals surface area contributed by atoms with Crippen LogP contribution in [0.15, 0.2) is 33.6 Å². The van der Waals surface area contributed by atoms with Crippen molar-refractivity contribution in [1.82, 2.24) is 4.31 Å². The number of aliphatic carboxylic acids is 1. The Labute approximate surface area is 133 Å². The van der Waals surface area contributed by atoms with Crippen molar-refractivity contribution in [1.29, 1.82) is 0 Å². The van der Waals surface area contributed by atoms with Crippen LogP contribution in [0, 0.1) is 5.41 Å². The molecule has 1 N–H and O–H groups in total. The smallest absolute Gasteiger partial charge is 0.311 e. The maximum absolute atomic E-state index is 12.6. The van der Waals surface area contributed by atoms with E-state index in [-0.39, 0.29) is 18.0 Å². The number of rotatable bonds is 5. The molecule has 1 aliphatic heterocycles. The molecule has 5 nitrogen and oxygen atoms in total. The second-order valence-electron chi connectivity index (χ2n) is 5.38. The van der Waals surface area contributed by atoms with Crippen LogP contribution in [0.4, 0.5) is 0 Å². The van der Waals surface area contributed by atoms with E-state index in [0.717, 1.165) is 10.9 Å². The maximum atomic E-state index is 12.6. The molecule has 1 unspecified atom stereocenters. The fraction of sp³-hybridized carbons (Fsp3) is 0.500. The summed E-state index contributed by atoms with van der Waals surface area (Å²) in [6.07, 6.45) is 1.58. The van der Waals surface area contributed by atoms with Gasteiger partial charge in [-0.1, -0.05) is 29.3 Å². The molecule has 1 fully saturated rings. The number of hydrogen-bond donors (Lipinski definition) is 1. The molecule has 7 heteroatoms. The lowest BCUT2D eigenvalue weighted by atomic mass is 9.83. The summed E-state index contributed by atoms with van der Waals surface area (Å²) in [7, 11) is -3.63. The van der Waals surface area contributed by atoms with Crippen LogP contribution in [0.1, 0.15) is 26.2 Å². The molecule has 0 bridgehead atoms. The molecule has 0 spiro atoms. The second-order valence-corrected chi connectivity index (χ2v) is 8.23. The maximum Gasteiger partial charge on any atom is 0.311 e. The number of benzene rings is 1. The Morgan fingerprint density at radius 1 is 1.38 bits per heavy atom. The van der Waals surface area contributed by atoms with Crippen molar-refractivity contribution in [2.45, 2.75) is 31.1 Å². The van der Waals surface area contributed by atoms with Gasteiger partial charge in [-0.3, -0.25) is 4.79 Å². The number of halogens is 1. The fourth-order valence-electron chi connectivity index (χ4n) is 2.76. The minimum atomic E-state index is -3.63. The van der Waals surface area contributed by atoms with E-state index in [2.05, 4.69) is 15.9 Å². The molecule has 0 radical (unpaired) electrons. The Morgan fingerprint density at radius 3 is 2.52 bits per heavy atom. The molecule has 2 rings (SSSR count). The SMILES string of the molecule is CCCC1(C(=O)O)CCN(S(=O)(=O)c2ccc(Br)cc2)C1. The number of carboxylic acid groups (broad SMARTS) is 1. The number of nitrogens with zero attached hydrogens (tertiary/aromatic N) is 1. The van der Waals surface area contributed by atoms with Crippen LogP contribution in [0.25, 0.3) is 0 Å². The zero-order valence-corrected chi connectivity index (χ0v) is 14.2. The monoisotopic (exact) mass is 375 g/mol. The van der Waals surface area contributed by atoms with Gasteiger partial charge in [-0.15, -0.1) is 0 Å². The Balaban J connectivity index is 2.27. The van der Waals surface area contributed by atoms with Gasteiger partial charge in [0.2, 0.25) is 10.0 Å². The molecule has 0 amide bonds. The molecule has 21 heavy (non-hydrogen) atoms. The van der Waals surface area contributed by atoms with Gasteiger partial charge in [0.25, 0.3) is 0 Å². The molecule has 1 aromatic carbocycles. The summed E-state index contributed by atoms with van der Waals surface area (Å²) in [5, 5.41) is 9.46. The average Bonchev–Trinajstić information content (AvgIpc) is 2.86. The molecule has 0 saturated carbocycles. The number of carboxylic acids is 1. The van der Waals surface area contributed by atoms with Crippen molar-refractivity contribution < 1.29 is 18.3 Å². The highest BCUT2D eigenvalue weighted by Crippen LogP contribution is 2.38. The lowest BCUT2D eigenvalue weighted by molar-refractivity contribution is -0.148. The first-order chi connectivity index (χ1) is 9.82. The lowest BCUT2D eigenvalue weighted by Crippen LogP contribution is -2.36. The molecule has 1 saturated heterocycles. The summed E-state index contributed by atoms with van der Waals surface area (Å²) >= 11 is 3.27. The summed E-state index contributed by atoms with van der Waals surface area (Å²) in [5.41, 5.74) is -0.947. The van der Waals surface area contributed by atoms with Gasteiger partial charge < -0.3 is 5.11 Å². The standard InChI is InChI=1S/C14H18BrNO4S/c1-2-7-14(13(17)18)8-9-16(10-14)21(19,20)12-5-3-11(15)4-6-12/h3-6H,2,7-10H2,1H3,(H,17,18). The zero-order valence-electron chi connectivity index (χ0n) is 11.8. The highest BCUT2D eigenvalue weighted by atomic mass is 79.9. The summed E-state index contributed by atoms with van der Waals surface area (Å²) in [5.74, 6) is -0.905. The minimum absolute atomic E-state index is 0.0502. The molecule has 1 heterocycles. The van der Waals surface area contributed by atoms with Gasteiger partial charge in [0.15, 0.2) is 0 Å². The van der Waals surface area contributed by atoms with E-state index in [9.17, 15) is 18.3 Å². The van der Waals surface area contributed by atoms with Gasteiger partial charge >= 0.3 is 5.97 Å². The van der Waals surface area contributed by atoms with E-state index in [1.807, 2.05) is 6.92 Å². The average molecular weight is 376 g/mol. The van der Waals surface area contributed by atoms with E-state index in [4.69, 9.17) is 0 Å². The molecule has 0 aromatic heterocycles. The first kappa shape index (κ1) is 16.5. The Kier molecular flexibility index (Phi) is 4.75. The summed E-state index contributed by atoms with van der Waals surface area (Å²) < 4.78 is 27.2. The zero-order chi connectivity index (χ0) is 15.7. The van der Waals surface area contributed by atoms with Crippen LogP contribution in [0.2, 0.25) is 0 Å². The summed E-state index contributed by atoms with van der Waals surface area (Å²) in [6.45, 7) is 2.22. The normalized spacial score (nSPS) is 23.3. The minimum Gasteiger partial charge on any atom is -0.481 e. The molecule has 1 atom stereocenters. The highest BCUT2D eigenvalue weighted by molar-refractivity contribution is 9.10. The van der Waals surface area contributed by atoms with Gasteiger partial charge in [-0.2, -0.15) is 4.31 Å². The molecule has 0 aliphatic carbocycles. The van der Waals surface area contributed by atoms with Crippen LogP contribution in [-0.4, -0.2) is 36.9 Å².